The first kappa shape index (κ1) is 19.5. The van der Waals surface area contributed by atoms with Crippen molar-refractivity contribution in [1.82, 2.24) is 10.6 Å². The summed E-state index contributed by atoms with van der Waals surface area (Å²) < 4.78 is 5.11. The maximum atomic E-state index is 12.4. The van der Waals surface area contributed by atoms with Crippen LogP contribution in [0.25, 0.3) is 0 Å². The van der Waals surface area contributed by atoms with Gasteiger partial charge in [-0.15, -0.1) is 0 Å². The van der Waals surface area contributed by atoms with Crippen LogP contribution in [0, 0.1) is 0 Å². The Labute approximate surface area is 141 Å². The number of nitrogens with one attached hydrogen (secondary N) is 2. The summed E-state index contributed by atoms with van der Waals surface area (Å²) in [7, 11) is 0. The molecule has 1 aromatic rings. The molecule has 3 amide bonds. The summed E-state index contributed by atoms with van der Waals surface area (Å²) in [6.07, 6.45) is -1.09. The van der Waals surface area contributed by atoms with Crippen molar-refractivity contribution in [2.75, 3.05) is 0 Å². The largest absolute Gasteiger partial charge is 0.444 e. The highest BCUT2D eigenvalue weighted by molar-refractivity contribution is 5.90. The molecule has 4 N–H and O–H groups in total. The number of primary amides is 1. The van der Waals surface area contributed by atoms with Crippen molar-refractivity contribution in [1.29, 1.82) is 0 Å². The lowest BCUT2D eigenvalue weighted by atomic mass is 10.1. The Morgan fingerprint density at radius 2 is 1.71 bits per heavy atom. The molecule has 0 aliphatic carbocycles. The van der Waals surface area contributed by atoms with E-state index in [1.54, 1.807) is 20.8 Å². The van der Waals surface area contributed by atoms with Crippen LogP contribution in [0.4, 0.5) is 4.79 Å². The van der Waals surface area contributed by atoms with E-state index in [0.29, 0.717) is 0 Å². The fourth-order valence-corrected chi connectivity index (χ4v) is 2.00. The second-order valence-electron chi connectivity index (χ2n) is 6.51. The zero-order chi connectivity index (χ0) is 18.3. The second-order valence-corrected chi connectivity index (χ2v) is 6.51. The Bertz CT molecular complexity index is 581. The van der Waals surface area contributed by atoms with Crippen LogP contribution in [0.15, 0.2) is 30.3 Å². The van der Waals surface area contributed by atoms with Crippen LogP contribution in [0.1, 0.15) is 45.7 Å². The van der Waals surface area contributed by atoms with Gasteiger partial charge in [0.1, 0.15) is 11.6 Å². The minimum atomic E-state index is -1.09. The summed E-state index contributed by atoms with van der Waals surface area (Å²) >= 11 is 0. The van der Waals surface area contributed by atoms with E-state index in [2.05, 4.69) is 10.6 Å². The van der Waals surface area contributed by atoms with Crippen molar-refractivity contribution < 1.29 is 19.1 Å². The number of carbonyl (C=O) groups excluding carboxylic acids is 3. The SMILES string of the molecule is C[C@@H](NC(=O)[C@H](CC(N)=O)NC(=O)OC(C)(C)C)c1ccccc1. The van der Waals surface area contributed by atoms with Crippen molar-refractivity contribution in [2.45, 2.75) is 51.8 Å². The maximum absolute atomic E-state index is 12.4. The molecule has 0 aliphatic rings. The molecular formula is C17H25N3O4. The molecule has 1 rings (SSSR count). The summed E-state index contributed by atoms with van der Waals surface area (Å²) in [5, 5.41) is 5.14. The van der Waals surface area contributed by atoms with Crippen LogP contribution in [-0.2, 0) is 14.3 Å². The Morgan fingerprint density at radius 3 is 2.21 bits per heavy atom. The molecule has 132 valence electrons. The molecule has 0 aromatic heterocycles. The number of hydrogen-bond donors (Lipinski definition) is 3. The lowest BCUT2D eigenvalue weighted by molar-refractivity contribution is -0.127. The zero-order valence-corrected chi connectivity index (χ0v) is 14.5. The van der Waals surface area contributed by atoms with Crippen LogP contribution in [-0.4, -0.2) is 29.6 Å². The predicted octanol–water partition coefficient (Wildman–Crippen LogP) is 1.63. The molecule has 0 spiro atoms. The van der Waals surface area contributed by atoms with Crippen LogP contribution >= 0.6 is 0 Å². The van der Waals surface area contributed by atoms with Gasteiger partial charge >= 0.3 is 6.09 Å². The van der Waals surface area contributed by atoms with Crippen molar-refractivity contribution in [3.05, 3.63) is 35.9 Å². The number of nitrogens with two attached hydrogens (primary N) is 1. The Kier molecular flexibility index (Phi) is 6.76. The van der Waals surface area contributed by atoms with Gasteiger partial charge in [0.25, 0.3) is 0 Å². The van der Waals surface area contributed by atoms with Gasteiger partial charge in [-0.2, -0.15) is 0 Å². The molecule has 0 unspecified atom stereocenters. The standard InChI is InChI=1S/C17H25N3O4/c1-11(12-8-6-5-7-9-12)19-15(22)13(10-14(18)21)20-16(23)24-17(2,3)4/h5-9,11,13H,10H2,1-4H3,(H2,18,21)(H,19,22)(H,20,23)/t11-,13+/m1/s1. The summed E-state index contributed by atoms with van der Waals surface area (Å²) in [6.45, 7) is 6.91. The van der Waals surface area contributed by atoms with Crippen LogP contribution in [0.5, 0.6) is 0 Å². The topological polar surface area (TPSA) is 111 Å². The minimum Gasteiger partial charge on any atom is -0.444 e. The smallest absolute Gasteiger partial charge is 0.408 e. The van der Waals surface area contributed by atoms with Crippen LogP contribution in [0.3, 0.4) is 0 Å². The maximum Gasteiger partial charge on any atom is 0.408 e. The van der Waals surface area contributed by atoms with E-state index >= 15 is 0 Å². The van der Waals surface area contributed by atoms with Crippen LogP contribution < -0.4 is 16.4 Å². The Hall–Kier alpha value is -2.57. The van der Waals surface area contributed by atoms with Gasteiger partial charge < -0.3 is 21.1 Å². The van der Waals surface area contributed by atoms with Crippen molar-refractivity contribution in [2.24, 2.45) is 5.73 Å². The zero-order valence-electron chi connectivity index (χ0n) is 14.5. The van der Waals surface area contributed by atoms with Gasteiger partial charge in [0.05, 0.1) is 12.5 Å². The summed E-state index contributed by atoms with van der Waals surface area (Å²) in [6, 6.07) is 7.95. The Balaban J connectivity index is 2.74. The number of alkyl carbamates (subject to hydrolysis) is 1. The van der Waals surface area contributed by atoms with Gasteiger partial charge in [0.2, 0.25) is 11.8 Å². The van der Waals surface area contributed by atoms with E-state index in [1.165, 1.54) is 0 Å². The Morgan fingerprint density at radius 1 is 1.12 bits per heavy atom. The number of amides is 3. The highest BCUT2D eigenvalue weighted by Gasteiger charge is 2.26. The molecule has 7 heteroatoms. The van der Waals surface area contributed by atoms with Gasteiger partial charge in [0, 0.05) is 0 Å². The number of ether oxygens (including phenoxy) is 1. The summed E-state index contributed by atoms with van der Waals surface area (Å²) in [5.74, 6) is -1.20. The third-order valence-electron chi connectivity index (χ3n) is 3.07. The molecule has 0 saturated heterocycles. The average molecular weight is 335 g/mol. The van der Waals surface area contributed by atoms with Gasteiger partial charge in [-0.1, -0.05) is 30.3 Å². The molecule has 0 radical (unpaired) electrons. The molecule has 24 heavy (non-hydrogen) atoms. The molecule has 0 saturated carbocycles. The molecule has 1 aromatic carbocycles. The van der Waals surface area contributed by atoms with Crippen molar-refractivity contribution in [3.63, 3.8) is 0 Å². The molecule has 0 bridgehead atoms. The second kappa shape index (κ2) is 8.33. The molecule has 0 aliphatic heterocycles. The summed E-state index contributed by atoms with van der Waals surface area (Å²) in [5.41, 5.74) is 5.36. The first-order valence-electron chi connectivity index (χ1n) is 7.71. The lowest BCUT2D eigenvalue weighted by Crippen LogP contribution is -2.50. The van der Waals surface area contributed by atoms with E-state index in [-0.39, 0.29) is 12.5 Å². The molecule has 0 heterocycles. The fourth-order valence-electron chi connectivity index (χ4n) is 2.00. The van der Waals surface area contributed by atoms with Crippen LogP contribution in [0.2, 0.25) is 0 Å². The first-order chi connectivity index (χ1) is 11.1. The number of carbonyl (C=O) groups is 3. The van der Waals surface area contributed by atoms with E-state index in [9.17, 15) is 14.4 Å². The monoisotopic (exact) mass is 335 g/mol. The third kappa shape index (κ3) is 7.13. The van der Waals surface area contributed by atoms with E-state index in [0.717, 1.165) is 5.56 Å². The third-order valence-corrected chi connectivity index (χ3v) is 3.07. The predicted molar refractivity (Wildman–Crippen MR) is 90.0 cm³/mol. The van der Waals surface area contributed by atoms with Gasteiger partial charge in [0.15, 0.2) is 0 Å². The molecule has 7 nitrogen and oxygen atoms in total. The van der Waals surface area contributed by atoms with Gasteiger partial charge in [-0.3, -0.25) is 9.59 Å². The normalized spacial score (nSPS) is 13.5. The van der Waals surface area contributed by atoms with Crippen molar-refractivity contribution >= 4 is 17.9 Å². The van der Waals surface area contributed by atoms with Gasteiger partial charge in [-0.25, -0.2) is 4.79 Å². The lowest BCUT2D eigenvalue weighted by Gasteiger charge is -2.24. The highest BCUT2D eigenvalue weighted by Crippen LogP contribution is 2.12. The minimum absolute atomic E-state index is 0.283. The van der Waals surface area contributed by atoms with Gasteiger partial charge in [-0.05, 0) is 33.3 Å². The van der Waals surface area contributed by atoms with Crippen molar-refractivity contribution in [3.8, 4) is 0 Å². The van der Waals surface area contributed by atoms with E-state index < -0.39 is 29.6 Å². The first-order valence-corrected chi connectivity index (χ1v) is 7.71. The van der Waals surface area contributed by atoms with E-state index in [1.807, 2.05) is 37.3 Å². The highest BCUT2D eigenvalue weighted by atomic mass is 16.6. The van der Waals surface area contributed by atoms with E-state index in [4.69, 9.17) is 10.5 Å². The average Bonchev–Trinajstić information content (AvgIpc) is 2.44. The summed E-state index contributed by atoms with van der Waals surface area (Å²) in [4.78, 5) is 35.4. The number of hydrogen-bond acceptors (Lipinski definition) is 4. The fraction of sp³-hybridized carbons (Fsp3) is 0.471. The number of benzene rings is 1. The molecule has 2 atom stereocenters. The molecular weight excluding hydrogens is 310 g/mol. The number of rotatable bonds is 6. The molecule has 0 fully saturated rings. The quantitative estimate of drug-likeness (QED) is 0.733.